The molecule has 1 aliphatic rings. The monoisotopic (exact) mass is 378 g/mol. The van der Waals surface area contributed by atoms with Crippen molar-refractivity contribution in [2.75, 3.05) is 5.75 Å². The van der Waals surface area contributed by atoms with Crippen LogP contribution in [0, 0.1) is 0 Å². The molecule has 0 fully saturated rings. The highest BCUT2D eigenvalue weighted by Crippen LogP contribution is 2.43. The van der Waals surface area contributed by atoms with E-state index in [2.05, 4.69) is 96.4 Å². The molecule has 0 radical (unpaired) electrons. The average Bonchev–Trinajstić information content (AvgIpc) is 2.80. The normalized spacial score (nSPS) is 14.1. The van der Waals surface area contributed by atoms with Gasteiger partial charge in [-0.3, -0.25) is 0 Å². The van der Waals surface area contributed by atoms with Crippen molar-refractivity contribution in [1.82, 2.24) is 0 Å². The number of rotatable bonds is 3. The summed E-state index contributed by atoms with van der Waals surface area (Å²) in [4.78, 5) is 0. The topological polar surface area (TPSA) is 0 Å². The van der Waals surface area contributed by atoms with Gasteiger partial charge in [-0.15, -0.1) is 11.8 Å². The first kappa shape index (κ1) is 17.3. The number of allylic oxidation sites excluding steroid dienone is 1. The van der Waals surface area contributed by atoms with E-state index in [0.29, 0.717) is 0 Å². The highest BCUT2D eigenvalue weighted by Gasteiger charge is 2.18. The van der Waals surface area contributed by atoms with Gasteiger partial charge in [-0.1, -0.05) is 84.9 Å². The highest BCUT2D eigenvalue weighted by atomic mass is 32.2. The number of benzene rings is 4. The quantitative estimate of drug-likeness (QED) is 0.347. The molecule has 0 spiro atoms. The summed E-state index contributed by atoms with van der Waals surface area (Å²) in [6, 6.07) is 32.9. The predicted octanol–water partition coefficient (Wildman–Crippen LogP) is 8.04. The van der Waals surface area contributed by atoms with Crippen LogP contribution in [0.15, 0.2) is 96.4 Å². The van der Waals surface area contributed by atoms with Gasteiger partial charge >= 0.3 is 0 Å². The fourth-order valence-corrected chi connectivity index (χ4v) is 5.04. The molecule has 4 aromatic rings. The third-order valence-corrected chi connectivity index (χ3v) is 6.44. The average molecular weight is 379 g/mol. The van der Waals surface area contributed by atoms with Crippen molar-refractivity contribution >= 4 is 28.1 Å². The zero-order valence-electron chi connectivity index (χ0n) is 15.8. The van der Waals surface area contributed by atoms with E-state index in [-0.39, 0.29) is 0 Å². The van der Waals surface area contributed by atoms with E-state index in [1.54, 1.807) is 0 Å². The van der Waals surface area contributed by atoms with Crippen LogP contribution in [0.3, 0.4) is 0 Å². The fraction of sp³-hybridized carbons (Fsp3) is 0.111. The van der Waals surface area contributed by atoms with Crippen molar-refractivity contribution in [2.45, 2.75) is 12.8 Å². The highest BCUT2D eigenvalue weighted by molar-refractivity contribution is 8.02. The van der Waals surface area contributed by atoms with Crippen LogP contribution < -0.4 is 0 Å². The second kappa shape index (κ2) is 7.69. The minimum atomic E-state index is 1.15. The fourth-order valence-electron chi connectivity index (χ4n) is 4.17. The van der Waals surface area contributed by atoms with Crippen LogP contribution in [-0.2, 0) is 0 Å². The molecule has 1 heteroatoms. The van der Waals surface area contributed by atoms with E-state index in [1.807, 2.05) is 11.8 Å². The van der Waals surface area contributed by atoms with E-state index < -0.39 is 0 Å². The molecule has 0 saturated carbocycles. The molecule has 0 N–H and O–H groups in total. The van der Waals surface area contributed by atoms with Crippen molar-refractivity contribution < 1.29 is 0 Å². The Labute approximate surface area is 170 Å². The first-order valence-electron chi connectivity index (χ1n) is 9.89. The van der Waals surface area contributed by atoms with Crippen molar-refractivity contribution in [3.05, 3.63) is 102 Å². The number of thioether (sulfide) groups is 1. The Balaban J connectivity index is 1.88. The second-order valence-corrected chi connectivity index (χ2v) is 8.22. The lowest BCUT2D eigenvalue weighted by molar-refractivity contribution is 0.983. The molecule has 0 aromatic heterocycles. The Hall–Kier alpha value is -2.77. The van der Waals surface area contributed by atoms with Crippen molar-refractivity contribution in [3.63, 3.8) is 0 Å². The van der Waals surface area contributed by atoms with Gasteiger partial charge in [0.25, 0.3) is 0 Å². The van der Waals surface area contributed by atoms with Crippen LogP contribution in [0.2, 0.25) is 0 Å². The third kappa shape index (κ3) is 3.16. The van der Waals surface area contributed by atoms with E-state index in [9.17, 15) is 0 Å². The maximum Gasteiger partial charge on any atom is -0.00227 e. The number of hydrogen-bond acceptors (Lipinski definition) is 1. The van der Waals surface area contributed by atoms with Crippen LogP contribution >= 0.6 is 11.8 Å². The standard InChI is InChI=1S/C27H22S/c1-3-10-20(11-4-1)25-18-26(21-12-5-2-6-13-21)27(22-14-9-17-28-19-22)24-16-8-7-15-23(24)25/h1-8,10-13,15-16,18-19H,9,14,17H2. The van der Waals surface area contributed by atoms with Crippen molar-refractivity contribution in [1.29, 1.82) is 0 Å². The van der Waals surface area contributed by atoms with Crippen molar-refractivity contribution in [2.24, 2.45) is 0 Å². The summed E-state index contributed by atoms with van der Waals surface area (Å²) in [5.74, 6) is 1.23. The van der Waals surface area contributed by atoms with Crippen LogP contribution in [0.5, 0.6) is 0 Å². The second-order valence-electron chi connectivity index (χ2n) is 7.24. The van der Waals surface area contributed by atoms with E-state index >= 15 is 0 Å². The van der Waals surface area contributed by atoms with Gasteiger partial charge < -0.3 is 0 Å². The Morgan fingerprint density at radius 3 is 1.86 bits per heavy atom. The molecule has 0 unspecified atom stereocenters. The maximum absolute atomic E-state index is 2.41. The number of hydrogen-bond donors (Lipinski definition) is 0. The number of fused-ring (bicyclic) bond motifs is 1. The van der Waals surface area contributed by atoms with Crippen LogP contribution in [0.25, 0.3) is 38.6 Å². The van der Waals surface area contributed by atoms with Crippen LogP contribution in [0.1, 0.15) is 18.4 Å². The van der Waals surface area contributed by atoms with Gasteiger partial charge in [0, 0.05) is 0 Å². The Morgan fingerprint density at radius 1 is 0.607 bits per heavy atom. The molecule has 4 aromatic carbocycles. The van der Waals surface area contributed by atoms with Gasteiger partial charge in [-0.2, -0.15) is 0 Å². The summed E-state index contributed by atoms with van der Waals surface area (Å²) in [5, 5.41) is 5.08. The van der Waals surface area contributed by atoms with E-state index in [0.717, 1.165) is 6.42 Å². The molecule has 1 aliphatic heterocycles. The van der Waals surface area contributed by atoms with E-state index in [1.165, 1.54) is 56.3 Å². The summed E-state index contributed by atoms with van der Waals surface area (Å²) in [5.41, 5.74) is 8.10. The lowest BCUT2D eigenvalue weighted by Gasteiger charge is -2.21. The SMILES string of the molecule is C1=C(c2c(-c3ccccc3)cc(-c3ccccc3)c3ccccc23)CCCS1. The summed E-state index contributed by atoms with van der Waals surface area (Å²) in [6.07, 6.45) is 2.40. The lowest BCUT2D eigenvalue weighted by atomic mass is 9.85. The van der Waals surface area contributed by atoms with Crippen LogP contribution in [-0.4, -0.2) is 5.75 Å². The molecule has 136 valence electrons. The Morgan fingerprint density at radius 2 is 1.21 bits per heavy atom. The van der Waals surface area contributed by atoms with Crippen molar-refractivity contribution in [3.8, 4) is 22.3 Å². The zero-order valence-corrected chi connectivity index (χ0v) is 16.6. The van der Waals surface area contributed by atoms with E-state index in [4.69, 9.17) is 0 Å². The first-order chi connectivity index (χ1) is 13.9. The molecule has 0 atom stereocenters. The molecular formula is C27H22S. The smallest absolute Gasteiger partial charge is 0.00227 e. The minimum absolute atomic E-state index is 1.15. The summed E-state index contributed by atoms with van der Waals surface area (Å²) < 4.78 is 0. The van der Waals surface area contributed by atoms with Gasteiger partial charge in [-0.05, 0) is 74.2 Å². The van der Waals surface area contributed by atoms with Crippen LogP contribution in [0.4, 0.5) is 0 Å². The molecule has 5 rings (SSSR count). The molecule has 0 aliphatic carbocycles. The largest absolute Gasteiger partial charge is 0.134 e. The zero-order chi connectivity index (χ0) is 18.8. The summed E-state index contributed by atoms with van der Waals surface area (Å²) in [6.45, 7) is 0. The summed E-state index contributed by atoms with van der Waals surface area (Å²) >= 11 is 1.95. The predicted molar refractivity (Wildman–Crippen MR) is 124 cm³/mol. The molecular weight excluding hydrogens is 356 g/mol. The Kier molecular flexibility index (Phi) is 4.76. The van der Waals surface area contributed by atoms with Gasteiger partial charge in [0.05, 0.1) is 0 Å². The minimum Gasteiger partial charge on any atom is -0.134 e. The molecule has 0 nitrogen and oxygen atoms in total. The Bertz CT molecular complexity index is 1140. The van der Waals surface area contributed by atoms with Gasteiger partial charge in [0.1, 0.15) is 0 Å². The third-order valence-electron chi connectivity index (χ3n) is 5.47. The van der Waals surface area contributed by atoms with Gasteiger partial charge in [0.2, 0.25) is 0 Å². The van der Waals surface area contributed by atoms with Gasteiger partial charge in [0.15, 0.2) is 0 Å². The molecule has 1 heterocycles. The molecule has 0 amide bonds. The first-order valence-corrected chi connectivity index (χ1v) is 10.9. The molecule has 0 saturated heterocycles. The molecule has 0 bridgehead atoms. The summed E-state index contributed by atoms with van der Waals surface area (Å²) in [7, 11) is 0. The maximum atomic E-state index is 2.41. The van der Waals surface area contributed by atoms with Gasteiger partial charge in [-0.25, -0.2) is 0 Å². The molecule has 28 heavy (non-hydrogen) atoms. The lowest BCUT2D eigenvalue weighted by Crippen LogP contribution is -1.98.